The smallest absolute Gasteiger partial charge is 0.150 e. The largest absolute Gasteiger partial charge is 0.366 e. The lowest BCUT2D eigenvalue weighted by atomic mass is 10.1. The van der Waals surface area contributed by atoms with Crippen molar-refractivity contribution in [2.24, 2.45) is 0 Å². The maximum Gasteiger partial charge on any atom is 0.150 e. The number of rotatable bonds is 3. The minimum absolute atomic E-state index is 0.0270. The average Bonchev–Trinajstić information content (AvgIpc) is 2.40. The van der Waals surface area contributed by atoms with Gasteiger partial charge in [0, 0.05) is 18.1 Å². The van der Waals surface area contributed by atoms with Crippen molar-refractivity contribution in [2.45, 2.75) is 6.54 Å². The van der Waals surface area contributed by atoms with Crippen LogP contribution in [-0.4, -0.2) is 7.05 Å². The average molecular weight is 337 g/mol. The van der Waals surface area contributed by atoms with Gasteiger partial charge in [-0.1, -0.05) is 28.1 Å². The fourth-order valence-electron chi connectivity index (χ4n) is 1.94. The van der Waals surface area contributed by atoms with Crippen molar-refractivity contribution >= 4 is 21.6 Å². The summed E-state index contributed by atoms with van der Waals surface area (Å²) in [6, 6.07) is 11.3. The van der Waals surface area contributed by atoms with Crippen LogP contribution >= 0.6 is 15.9 Å². The number of hydrogen-bond donors (Lipinski definition) is 0. The summed E-state index contributed by atoms with van der Waals surface area (Å²) < 4.78 is 28.7. The van der Waals surface area contributed by atoms with E-state index >= 15 is 0 Å². The van der Waals surface area contributed by atoms with E-state index in [9.17, 15) is 8.78 Å². The first-order valence-electron chi connectivity index (χ1n) is 5.86. The highest BCUT2D eigenvalue weighted by molar-refractivity contribution is 9.10. The van der Waals surface area contributed by atoms with Crippen LogP contribution in [0.25, 0.3) is 0 Å². The van der Waals surface area contributed by atoms with Crippen molar-refractivity contribution in [2.75, 3.05) is 11.9 Å². The second-order valence-electron chi connectivity index (χ2n) is 4.38. The molecule has 5 heteroatoms. The van der Waals surface area contributed by atoms with Crippen LogP contribution in [0.5, 0.6) is 0 Å². The van der Waals surface area contributed by atoms with E-state index in [0.29, 0.717) is 6.54 Å². The molecular weight excluding hydrogens is 326 g/mol. The van der Waals surface area contributed by atoms with E-state index in [-0.39, 0.29) is 11.3 Å². The molecule has 0 saturated heterocycles. The second kappa shape index (κ2) is 6.02. The number of halogens is 3. The Morgan fingerprint density at radius 2 is 1.70 bits per heavy atom. The van der Waals surface area contributed by atoms with Crippen LogP contribution in [0.15, 0.2) is 40.9 Å². The van der Waals surface area contributed by atoms with Gasteiger partial charge in [0.05, 0.1) is 11.6 Å². The lowest BCUT2D eigenvalue weighted by Crippen LogP contribution is -2.19. The molecule has 2 nitrogen and oxygen atoms in total. The van der Waals surface area contributed by atoms with Gasteiger partial charge < -0.3 is 4.90 Å². The van der Waals surface area contributed by atoms with Crippen LogP contribution in [-0.2, 0) is 6.54 Å². The Hall–Kier alpha value is -1.93. The fraction of sp³-hybridized carbons (Fsp3) is 0.133. The molecule has 0 radical (unpaired) electrons. The summed E-state index contributed by atoms with van der Waals surface area (Å²) in [5, 5.41) is 8.68. The van der Waals surface area contributed by atoms with Crippen molar-refractivity contribution in [3.05, 3.63) is 63.6 Å². The molecule has 0 amide bonds. The van der Waals surface area contributed by atoms with E-state index in [1.165, 1.54) is 4.90 Å². The zero-order valence-corrected chi connectivity index (χ0v) is 12.3. The van der Waals surface area contributed by atoms with Gasteiger partial charge in [0.25, 0.3) is 0 Å². The molecule has 0 aromatic heterocycles. The fourth-order valence-corrected chi connectivity index (χ4v) is 2.20. The third-order valence-electron chi connectivity index (χ3n) is 2.86. The van der Waals surface area contributed by atoms with Crippen LogP contribution in [0.2, 0.25) is 0 Å². The van der Waals surface area contributed by atoms with Crippen LogP contribution in [0.4, 0.5) is 14.5 Å². The van der Waals surface area contributed by atoms with Gasteiger partial charge >= 0.3 is 0 Å². The lowest BCUT2D eigenvalue weighted by molar-refractivity contribution is 0.576. The minimum Gasteiger partial charge on any atom is -0.366 e. The normalized spacial score (nSPS) is 10.2. The van der Waals surface area contributed by atoms with E-state index < -0.39 is 11.6 Å². The third kappa shape index (κ3) is 3.14. The Labute approximate surface area is 124 Å². The van der Waals surface area contributed by atoms with Gasteiger partial charge in [-0.25, -0.2) is 8.78 Å². The topological polar surface area (TPSA) is 27.0 Å². The molecular formula is C15H11BrF2N2. The van der Waals surface area contributed by atoms with Gasteiger partial charge in [-0.2, -0.15) is 5.26 Å². The number of anilines is 1. The number of benzene rings is 2. The molecule has 0 aliphatic carbocycles. The number of hydrogen-bond acceptors (Lipinski definition) is 2. The van der Waals surface area contributed by atoms with Gasteiger partial charge in [-0.3, -0.25) is 0 Å². The molecule has 2 aromatic carbocycles. The summed E-state index contributed by atoms with van der Waals surface area (Å²) in [7, 11) is 1.61. The van der Waals surface area contributed by atoms with Gasteiger partial charge in [0.15, 0.2) is 11.6 Å². The minimum atomic E-state index is -0.735. The van der Waals surface area contributed by atoms with E-state index in [0.717, 1.165) is 22.2 Å². The summed E-state index contributed by atoms with van der Waals surface area (Å²) >= 11 is 3.33. The molecule has 0 spiro atoms. The van der Waals surface area contributed by atoms with E-state index in [1.807, 2.05) is 24.3 Å². The summed E-state index contributed by atoms with van der Waals surface area (Å²) in [5.74, 6) is -1.47. The molecule has 0 unspecified atom stereocenters. The first kappa shape index (κ1) is 14.5. The quantitative estimate of drug-likeness (QED) is 0.838. The molecule has 0 atom stereocenters. The van der Waals surface area contributed by atoms with Crippen molar-refractivity contribution in [1.29, 1.82) is 5.26 Å². The highest BCUT2D eigenvalue weighted by Crippen LogP contribution is 2.25. The van der Waals surface area contributed by atoms with Gasteiger partial charge in [0.2, 0.25) is 0 Å². The Morgan fingerprint density at radius 3 is 2.20 bits per heavy atom. The van der Waals surface area contributed by atoms with E-state index in [1.54, 1.807) is 13.1 Å². The standard InChI is InChI=1S/C15H11BrF2N2/c1-20(9-10-2-4-12(16)5-3-10)15-13(17)6-11(8-19)7-14(15)18/h2-7H,9H2,1H3. The summed E-state index contributed by atoms with van der Waals surface area (Å²) in [6.45, 7) is 0.368. The maximum atomic E-state index is 13.9. The molecule has 0 bridgehead atoms. The molecule has 2 rings (SSSR count). The predicted octanol–water partition coefficient (Wildman–Crippen LogP) is 4.24. The Balaban J connectivity index is 2.27. The van der Waals surface area contributed by atoms with Gasteiger partial charge in [-0.15, -0.1) is 0 Å². The summed E-state index contributed by atoms with van der Waals surface area (Å²) in [6.07, 6.45) is 0. The van der Waals surface area contributed by atoms with E-state index in [2.05, 4.69) is 15.9 Å². The van der Waals surface area contributed by atoms with Crippen LogP contribution in [0, 0.1) is 23.0 Å². The SMILES string of the molecule is CN(Cc1ccc(Br)cc1)c1c(F)cc(C#N)cc1F. The molecule has 0 aliphatic heterocycles. The molecule has 2 aromatic rings. The molecule has 102 valence electrons. The van der Waals surface area contributed by atoms with Crippen LogP contribution < -0.4 is 4.90 Å². The van der Waals surface area contributed by atoms with Crippen LogP contribution in [0.3, 0.4) is 0 Å². The first-order chi connectivity index (χ1) is 9.51. The van der Waals surface area contributed by atoms with E-state index in [4.69, 9.17) is 5.26 Å². The Bertz CT molecular complexity index is 640. The molecule has 0 N–H and O–H groups in total. The molecule has 0 fully saturated rings. The molecule has 0 saturated carbocycles. The maximum absolute atomic E-state index is 13.9. The third-order valence-corrected chi connectivity index (χ3v) is 3.39. The first-order valence-corrected chi connectivity index (χ1v) is 6.65. The molecule has 0 aliphatic rings. The highest BCUT2D eigenvalue weighted by atomic mass is 79.9. The molecule has 0 heterocycles. The van der Waals surface area contributed by atoms with Crippen molar-refractivity contribution in [1.82, 2.24) is 0 Å². The van der Waals surface area contributed by atoms with Crippen molar-refractivity contribution in [3.8, 4) is 6.07 Å². The van der Waals surface area contributed by atoms with Gasteiger partial charge in [-0.05, 0) is 29.8 Å². The summed E-state index contributed by atoms with van der Waals surface area (Å²) in [5.41, 5.74) is 0.770. The Morgan fingerprint density at radius 1 is 1.15 bits per heavy atom. The van der Waals surface area contributed by atoms with Gasteiger partial charge in [0.1, 0.15) is 5.69 Å². The summed E-state index contributed by atoms with van der Waals surface area (Å²) in [4.78, 5) is 1.48. The Kier molecular flexibility index (Phi) is 4.35. The molecule has 20 heavy (non-hydrogen) atoms. The number of nitrogens with zero attached hydrogens (tertiary/aromatic N) is 2. The second-order valence-corrected chi connectivity index (χ2v) is 5.30. The lowest BCUT2D eigenvalue weighted by Gasteiger charge is -2.21. The van der Waals surface area contributed by atoms with Crippen molar-refractivity contribution < 1.29 is 8.78 Å². The van der Waals surface area contributed by atoms with Crippen LogP contribution in [0.1, 0.15) is 11.1 Å². The number of nitriles is 1. The van der Waals surface area contributed by atoms with Crippen molar-refractivity contribution in [3.63, 3.8) is 0 Å². The zero-order valence-electron chi connectivity index (χ0n) is 10.7. The predicted molar refractivity (Wildman–Crippen MR) is 77.3 cm³/mol. The monoisotopic (exact) mass is 336 g/mol. The highest BCUT2D eigenvalue weighted by Gasteiger charge is 2.15. The zero-order chi connectivity index (χ0) is 14.7.